The van der Waals surface area contributed by atoms with E-state index < -0.39 is 0 Å². The average molecular weight is 241 g/mol. The highest BCUT2D eigenvalue weighted by molar-refractivity contribution is 5.81. The van der Waals surface area contributed by atoms with Crippen molar-refractivity contribution in [1.29, 1.82) is 0 Å². The maximum absolute atomic E-state index is 11.8. The predicted molar refractivity (Wildman–Crippen MR) is 67.8 cm³/mol. The summed E-state index contributed by atoms with van der Waals surface area (Å²) in [5, 5.41) is 11.7. The monoisotopic (exact) mass is 241 g/mol. The molecular weight excluding hydrogens is 218 g/mol. The Morgan fingerprint density at radius 3 is 2.65 bits per heavy atom. The molecule has 0 spiro atoms. The fraction of sp³-hybridized carbons (Fsp3) is 0.750. The van der Waals surface area contributed by atoms with Gasteiger partial charge in [0.1, 0.15) is 0 Å². The molecule has 2 N–H and O–H groups in total. The summed E-state index contributed by atoms with van der Waals surface area (Å²) in [6.07, 6.45) is 1.68. The van der Waals surface area contributed by atoms with Gasteiger partial charge in [-0.3, -0.25) is 14.6 Å². The molecule has 1 aliphatic heterocycles. The maximum Gasteiger partial charge on any atom is 0.237 e. The predicted octanol–water partition coefficient (Wildman–Crippen LogP) is -0.713. The van der Waals surface area contributed by atoms with Crippen LogP contribution in [0.1, 0.15) is 6.92 Å². The molecule has 98 valence electrons. The fourth-order valence-electron chi connectivity index (χ4n) is 2.00. The lowest BCUT2D eigenvalue weighted by molar-refractivity contribution is -0.126. The van der Waals surface area contributed by atoms with E-state index in [2.05, 4.69) is 21.7 Å². The van der Waals surface area contributed by atoms with Gasteiger partial charge in [0.2, 0.25) is 5.91 Å². The molecule has 1 fully saturated rings. The highest BCUT2D eigenvalue weighted by Crippen LogP contribution is 2.06. The summed E-state index contributed by atoms with van der Waals surface area (Å²) in [5.74, 6) is 0.0560. The number of hydrogen-bond donors (Lipinski definition) is 2. The third-order valence-electron chi connectivity index (χ3n) is 3.17. The van der Waals surface area contributed by atoms with E-state index in [1.165, 1.54) is 0 Å². The molecule has 5 nitrogen and oxygen atoms in total. The molecule has 0 aromatic rings. The standard InChI is InChI=1S/C12H23N3O2/c1-3-4-13-12(17)11(2)15-7-5-14(6-8-15)9-10-16/h3,11,16H,1,4-10H2,2H3,(H,13,17)/t11-/m1/s1. The third-order valence-corrected chi connectivity index (χ3v) is 3.17. The van der Waals surface area contributed by atoms with Crippen molar-refractivity contribution in [2.75, 3.05) is 45.9 Å². The van der Waals surface area contributed by atoms with Crippen LogP contribution in [0.15, 0.2) is 12.7 Å². The Balaban J connectivity index is 2.32. The van der Waals surface area contributed by atoms with E-state index in [0.29, 0.717) is 6.54 Å². The molecule has 0 bridgehead atoms. The molecule has 1 atom stereocenters. The van der Waals surface area contributed by atoms with Crippen molar-refractivity contribution < 1.29 is 9.90 Å². The lowest BCUT2D eigenvalue weighted by Crippen LogP contribution is -2.54. The van der Waals surface area contributed by atoms with Gasteiger partial charge >= 0.3 is 0 Å². The van der Waals surface area contributed by atoms with Gasteiger partial charge in [-0.25, -0.2) is 0 Å². The number of carbonyl (C=O) groups is 1. The first-order chi connectivity index (χ1) is 8.19. The van der Waals surface area contributed by atoms with Gasteiger partial charge in [0.05, 0.1) is 12.6 Å². The first-order valence-electron chi connectivity index (χ1n) is 6.15. The molecule has 0 aromatic carbocycles. The van der Waals surface area contributed by atoms with Crippen LogP contribution in [-0.2, 0) is 4.79 Å². The number of amides is 1. The molecule has 1 saturated heterocycles. The molecule has 1 rings (SSSR count). The Bertz CT molecular complexity index is 250. The normalized spacial score (nSPS) is 19.9. The molecule has 17 heavy (non-hydrogen) atoms. The molecular formula is C12H23N3O2. The first-order valence-corrected chi connectivity index (χ1v) is 6.15. The topological polar surface area (TPSA) is 55.8 Å². The van der Waals surface area contributed by atoms with E-state index >= 15 is 0 Å². The number of nitrogens with one attached hydrogen (secondary N) is 1. The van der Waals surface area contributed by atoms with E-state index in [9.17, 15) is 4.79 Å². The summed E-state index contributed by atoms with van der Waals surface area (Å²) in [7, 11) is 0. The van der Waals surface area contributed by atoms with Gasteiger partial charge in [-0.1, -0.05) is 6.08 Å². The summed E-state index contributed by atoms with van der Waals surface area (Å²) < 4.78 is 0. The van der Waals surface area contributed by atoms with Gasteiger partial charge in [-0.2, -0.15) is 0 Å². The van der Waals surface area contributed by atoms with Gasteiger partial charge in [0.25, 0.3) is 0 Å². The second-order valence-corrected chi connectivity index (χ2v) is 4.31. The Hall–Kier alpha value is -0.910. The second kappa shape index (κ2) is 7.42. The molecule has 0 unspecified atom stereocenters. The van der Waals surface area contributed by atoms with Crippen LogP contribution in [0.4, 0.5) is 0 Å². The number of nitrogens with zero attached hydrogens (tertiary/aromatic N) is 2. The molecule has 5 heteroatoms. The van der Waals surface area contributed by atoms with Crippen LogP contribution in [0.25, 0.3) is 0 Å². The highest BCUT2D eigenvalue weighted by Gasteiger charge is 2.24. The Morgan fingerprint density at radius 2 is 2.12 bits per heavy atom. The number of carbonyl (C=O) groups excluding carboxylic acids is 1. The van der Waals surface area contributed by atoms with E-state index in [-0.39, 0.29) is 18.6 Å². The second-order valence-electron chi connectivity index (χ2n) is 4.31. The van der Waals surface area contributed by atoms with Crippen molar-refractivity contribution in [3.63, 3.8) is 0 Å². The zero-order chi connectivity index (χ0) is 12.7. The largest absolute Gasteiger partial charge is 0.395 e. The fourth-order valence-corrected chi connectivity index (χ4v) is 2.00. The molecule has 1 aliphatic rings. The van der Waals surface area contributed by atoms with Gasteiger partial charge in [0, 0.05) is 39.3 Å². The van der Waals surface area contributed by atoms with E-state index in [1.807, 2.05) is 6.92 Å². The number of hydrogen-bond acceptors (Lipinski definition) is 4. The van der Waals surface area contributed by atoms with Crippen molar-refractivity contribution in [3.05, 3.63) is 12.7 Å². The quantitative estimate of drug-likeness (QED) is 0.603. The van der Waals surface area contributed by atoms with Crippen molar-refractivity contribution >= 4 is 5.91 Å². The lowest BCUT2D eigenvalue weighted by Gasteiger charge is -2.37. The number of aliphatic hydroxyl groups is 1. The minimum Gasteiger partial charge on any atom is -0.395 e. The Morgan fingerprint density at radius 1 is 1.47 bits per heavy atom. The van der Waals surface area contributed by atoms with Crippen LogP contribution in [-0.4, -0.2) is 72.7 Å². The maximum atomic E-state index is 11.8. The average Bonchev–Trinajstić information content (AvgIpc) is 2.36. The lowest BCUT2D eigenvalue weighted by atomic mass is 10.2. The Labute approximate surface area is 103 Å². The number of piperazine rings is 1. The third kappa shape index (κ3) is 4.46. The SMILES string of the molecule is C=CCNC(=O)[C@@H](C)N1CCN(CCO)CC1. The van der Waals surface area contributed by atoms with Gasteiger partial charge in [0.15, 0.2) is 0 Å². The summed E-state index contributed by atoms with van der Waals surface area (Å²) in [6.45, 7) is 10.5. The summed E-state index contributed by atoms with van der Waals surface area (Å²) >= 11 is 0. The first kappa shape index (κ1) is 14.2. The molecule has 0 saturated carbocycles. The highest BCUT2D eigenvalue weighted by atomic mass is 16.3. The minimum atomic E-state index is -0.0915. The van der Waals surface area contributed by atoms with Crippen LogP contribution in [0, 0.1) is 0 Å². The zero-order valence-electron chi connectivity index (χ0n) is 10.6. The number of rotatable bonds is 6. The molecule has 0 aromatic heterocycles. The van der Waals surface area contributed by atoms with Gasteiger partial charge in [-0.05, 0) is 6.92 Å². The van der Waals surface area contributed by atoms with Crippen molar-refractivity contribution in [2.45, 2.75) is 13.0 Å². The molecule has 0 aliphatic carbocycles. The van der Waals surface area contributed by atoms with Crippen LogP contribution >= 0.6 is 0 Å². The molecule has 1 amide bonds. The van der Waals surface area contributed by atoms with Crippen LogP contribution in [0.2, 0.25) is 0 Å². The van der Waals surface area contributed by atoms with Crippen molar-refractivity contribution in [3.8, 4) is 0 Å². The summed E-state index contributed by atoms with van der Waals surface area (Å²) in [5.41, 5.74) is 0. The molecule has 1 heterocycles. The smallest absolute Gasteiger partial charge is 0.237 e. The van der Waals surface area contributed by atoms with Gasteiger partial charge in [-0.15, -0.1) is 6.58 Å². The number of β-amino-alcohol motifs (C(OH)–C–C–N with tert-alkyl or cyclic N) is 1. The Kier molecular flexibility index (Phi) is 6.18. The molecule has 0 radical (unpaired) electrons. The van der Waals surface area contributed by atoms with Crippen LogP contribution in [0.5, 0.6) is 0 Å². The zero-order valence-corrected chi connectivity index (χ0v) is 10.6. The van der Waals surface area contributed by atoms with E-state index in [0.717, 1.165) is 32.7 Å². The van der Waals surface area contributed by atoms with Crippen LogP contribution in [0.3, 0.4) is 0 Å². The van der Waals surface area contributed by atoms with Crippen LogP contribution < -0.4 is 5.32 Å². The van der Waals surface area contributed by atoms with Gasteiger partial charge < -0.3 is 10.4 Å². The minimum absolute atomic E-state index is 0.0560. The van der Waals surface area contributed by atoms with Crippen molar-refractivity contribution in [1.82, 2.24) is 15.1 Å². The summed E-state index contributed by atoms with van der Waals surface area (Å²) in [6, 6.07) is -0.0915. The summed E-state index contributed by atoms with van der Waals surface area (Å²) in [4.78, 5) is 16.1. The van der Waals surface area contributed by atoms with E-state index in [1.54, 1.807) is 6.08 Å². The van der Waals surface area contributed by atoms with E-state index in [4.69, 9.17) is 5.11 Å². The number of aliphatic hydroxyl groups excluding tert-OH is 1. The van der Waals surface area contributed by atoms with Crippen molar-refractivity contribution in [2.24, 2.45) is 0 Å².